The number of benzene rings is 2. The Kier molecular flexibility index (Phi) is 7.30. The Labute approximate surface area is 203 Å². The molecule has 2 atom stereocenters. The van der Waals surface area contributed by atoms with E-state index in [9.17, 15) is 31.1 Å². The smallest absolute Gasteiger partial charge is 0.333 e. The van der Waals surface area contributed by atoms with Crippen LogP contribution in [-0.2, 0) is 30.2 Å². The molecule has 2 unspecified atom stereocenters. The monoisotopic (exact) mass is 508 g/mol. The van der Waals surface area contributed by atoms with Gasteiger partial charge in [0.05, 0.1) is 11.7 Å². The van der Waals surface area contributed by atoms with Crippen molar-refractivity contribution in [3.8, 4) is 0 Å². The van der Waals surface area contributed by atoms with Crippen molar-refractivity contribution in [1.82, 2.24) is 14.9 Å². The van der Waals surface area contributed by atoms with Gasteiger partial charge in [-0.2, -0.15) is 13.2 Å². The molecule has 0 spiro atoms. The number of aromatic nitrogens is 2. The Bertz CT molecular complexity index is 1250. The van der Waals surface area contributed by atoms with Crippen LogP contribution in [0, 0.1) is 17.5 Å². The summed E-state index contributed by atoms with van der Waals surface area (Å²) < 4.78 is 80.7. The molecule has 5 nitrogen and oxygen atoms in total. The van der Waals surface area contributed by atoms with Crippen LogP contribution in [0.5, 0.6) is 0 Å². The van der Waals surface area contributed by atoms with E-state index >= 15 is 0 Å². The average Bonchev–Trinajstić information content (AvgIpc) is 2.82. The highest BCUT2D eigenvalue weighted by atomic mass is 19.4. The first-order valence-corrected chi connectivity index (χ1v) is 11.2. The summed E-state index contributed by atoms with van der Waals surface area (Å²) in [5.74, 6) is -5.32. The van der Waals surface area contributed by atoms with Crippen LogP contribution >= 0.6 is 0 Å². The first-order chi connectivity index (χ1) is 17.0. The standard InChI is InChI=1S/C25H22F6N4O/c26-18-12-20(28)19(27)10-16(18)9-17(32)11-22(36)35-7-6-15-13-33-24(25(29,30)31)34-23(15)21(35)8-14-4-2-1-3-5-14/h1-5,10,12-13,17,21H,6-9,11,32H2. The quantitative estimate of drug-likeness (QED) is 0.392. The Hall–Kier alpha value is -3.47. The summed E-state index contributed by atoms with van der Waals surface area (Å²) in [7, 11) is 0. The number of carbonyl (C=O) groups is 1. The summed E-state index contributed by atoms with van der Waals surface area (Å²) in [6, 6.07) is 8.29. The molecule has 0 saturated heterocycles. The Morgan fingerprint density at radius 3 is 2.47 bits per heavy atom. The van der Waals surface area contributed by atoms with E-state index in [1.54, 1.807) is 30.3 Å². The van der Waals surface area contributed by atoms with Gasteiger partial charge in [-0.05, 0) is 42.0 Å². The van der Waals surface area contributed by atoms with E-state index in [0.717, 1.165) is 11.8 Å². The van der Waals surface area contributed by atoms with Crippen molar-refractivity contribution in [2.45, 2.75) is 43.9 Å². The lowest BCUT2D eigenvalue weighted by atomic mass is 9.92. The Balaban J connectivity index is 1.59. The second kappa shape index (κ2) is 10.3. The predicted octanol–water partition coefficient (Wildman–Crippen LogP) is 4.54. The Morgan fingerprint density at radius 2 is 1.78 bits per heavy atom. The van der Waals surface area contributed by atoms with Gasteiger partial charge in [-0.3, -0.25) is 4.79 Å². The van der Waals surface area contributed by atoms with Crippen molar-refractivity contribution in [3.05, 3.63) is 94.3 Å². The molecule has 0 saturated carbocycles. The molecule has 4 rings (SSSR count). The maximum absolute atomic E-state index is 14.0. The van der Waals surface area contributed by atoms with Gasteiger partial charge in [0.1, 0.15) is 5.82 Å². The van der Waals surface area contributed by atoms with E-state index in [1.165, 1.54) is 4.90 Å². The molecule has 11 heteroatoms. The molecule has 190 valence electrons. The van der Waals surface area contributed by atoms with Gasteiger partial charge in [0.2, 0.25) is 11.7 Å². The zero-order valence-electron chi connectivity index (χ0n) is 18.9. The van der Waals surface area contributed by atoms with Gasteiger partial charge in [0.25, 0.3) is 0 Å². The molecular weight excluding hydrogens is 486 g/mol. The SMILES string of the molecule is NC(CC(=O)N1CCc2cnc(C(F)(F)F)nc2C1Cc1ccccc1)Cc1cc(F)c(F)cc1F. The summed E-state index contributed by atoms with van der Waals surface area (Å²) in [5, 5.41) is 0. The van der Waals surface area contributed by atoms with Crippen molar-refractivity contribution < 1.29 is 31.1 Å². The van der Waals surface area contributed by atoms with E-state index < -0.39 is 47.4 Å². The summed E-state index contributed by atoms with van der Waals surface area (Å²) in [5.41, 5.74) is 7.27. The fourth-order valence-corrected chi connectivity index (χ4v) is 4.34. The number of fused-ring (bicyclic) bond motifs is 1. The van der Waals surface area contributed by atoms with Crippen LogP contribution in [0.4, 0.5) is 26.3 Å². The molecule has 1 aliphatic rings. The largest absolute Gasteiger partial charge is 0.451 e. The molecule has 1 aromatic heterocycles. The highest BCUT2D eigenvalue weighted by Gasteiger charge is 2.39. The second-order valence-electron chi connectivity index (χ2n) is 8.67. The van der Waals surface area contributed by atoms with Gasteiger partial charge in [-0.25, -0.2) is 23.1 Å². The number of amides is 1. The number of rotatable bonds is 6. The molecule has 0 bridgehead atoms. The fraction of sp³-hybridized carbons (Fsp3) is 0.320. The van der Waals surface area contributed by atoms with E-state index in [0.29, 0.717) is 17.7 Å². The maximum Gasteiger partial charge on any atom is 0.451 e. The fourth-order valence-electron chi connectivity index (χ4n) is 4.34. The van der Waals surface area contributed by atoms with E-state index in [2.05, 4.69) is 9.97 Å². The van der Waals surface area contributed by atoms with E-state index in [4.69, 9.17) is 5.73 Å². The second-order valence-corrected chi connectivity index (χ2v) is 8.67. The van der Waals surface area contributed by atoms with Crippen LogP contribution in [0.25, 0.3) is 0 Å². The van der Waals surface area contributed by atoms with E-state index in [1.807, 2.05) is 0 Å². The average molecular weight is 508 g/mol. The van der Waals surface area contributed by atoms with Crippen molar-refractivity contribution in [3.63, 3.8) is 0 Å². The number of nitrogens with two attached hydrogens (primary N) is 1. The molecule has 0 fully saturated rings. The van der Waals surface area contributed by atoms with Crippen molar-refractivity contribution in [2.24, 2.45) is 5.73 Å². The minimum Gasteiger partial charge on any atom is -0.333 e. The lowest BCUT2D eigenvalue weighted by Crippen LogP contribution is -2.44. The lowest BCUT2D eigenvalue weighted by molar-refractivity contribution is -0.145. The molecule has 2 aromatic carbocycles. The van der Waals surface area contributed by atoms with Crippen LogP contribution < -0.4 is 5.73 Å². The zero-order chi connectivity index (χ0) is 26.0. The highest BCUT2D eigenvalue weighted by molar-refractivity contribution is 5.77. The first kappa shape index (κ1) is 25.6. The normalized spacial score (nSPS) is 16.5. The third-order valence-electron chi connectivity index (χ3n) is 6.07. The number of nitrogens with zero attached hydrogens (tertiary/aromatic N) is 3. The molecule has 3 aromatic rings. The van der Waals surface area contributed by atoms with Gasteiger partial charge in [0.15, 0.2) is 11.6 Å². The van der Waals surface area contributed by atoms with Gasteiger partial charge in [-0.1, -0.05) is 30.3 Å². The molecule has 0 radical (unpaired) electrons. The van der Waals surface area contributed by atoms with Gasteiger partial charge < -0.3 is 10.6 Å². The number of alkyl halides is 3. The van der Waals surface area contributed by atoms with Crippen molar-refractivity contribution in [1.29, 1.82) is 0 Å². The van der Waals surface area contributed by atoms with Crippen molar-refractivity contribution >= 4 is 5.91 Å². The van der Waals surface area contributed by atoms with Crippen LogP contribution in [0.1, 0.15) is 40.7 Å². The minimum absolute atomic E-state index is 0.112. The predicted molar refractivity (Wildman–Crippen MR) is 118 cm³/mol. The lowest BCUT2D eigenvalue weighted by Gasteiger charge is -2.37. The van der Waals surface area contributed by atoms with Gasteiger partial charge in [0, 0.05) is 31.3 Å². The molecule has 0 aliphatic carbocycles. The maximum atomic E-state index is 14.0. The summed E-state index contributed by atoms with van der Waals surface area (Å²) >= 11 is 0. The van der Waals surface area contributed by atoms with Gasteiger partial charge >= 0.3 is 6.18 Å². The summed E-state index contributed by atoms with van der Waals surface area (Å²) in [6.45, 7) is 0.199. The van der Waals surface area contributed by atoms with E-state index in [-0.39, 0.29) is 43.5 Å². The Morgan fingerprint density at radius 1 is 1.08 bits per heavy atom. The molecule has 1 amide bonds. The third kappa shape index (κ3) is 5.67. The molecule has 36 heavy (non-hydrogen) atoms. The van der Waals surface area contributed by atoms with Crippen LogP contribution in [0.2, 0.25) is 0 Å². The zero-order valence-corrected chi connectivity index (χ0v) is 18.9. The molecule has 2 N–H and O–H groups in total. The number of hydrogen-bond donors (Lipinski definition) is 1. The first-order valence-electron chi connectivity index (χ1n) is 11.2. The number of hydrogen-bond acceptors (Lipinski definition) is 4. The topological polar surface area (TPSA) is 72.1 Å². The van der Waals surface area contributed by atoms with Gasteiger partial charge in [-0.15, -0.1) is 0 Å². The van der Waals surface area contributed by atoms with Crippen molar-refractivity contribution in [2.75, 3.05) is 6.54 Å². The molecule has 1 aliphatic heterocycles. The number of halogens is 6. The third-order valence-corrected chi connectivity index (χ3v) is 6.07. The van der Waals surface area contributed by atoms with Crippen LogP contribution in [0.3, 0.4) is 0 Å². The molecule has 2 heterocycles. The summed E-state index contributed by atoms with van der Waals surface area (Å²) in [4.78, 5) is 21.9. The van der Waals surface area contributed by atoms with Crippen LogP contribution in [-0.4, -0.2) is 33.4 Å². The minimum atomic E-state index is -4.75. The number of carbonyl (C=O) groups excluding carboxylic acids is 1. The van der Waals surface area contributed by atoms with Crippen LogP contribution in [0.15, 0.2) is 48.7 Å². The molecular formula is C25H22F6N4O. The summed E-state index contributed by atoms with van der Waals surface area (Å²) in [6.07, 6.45) is -3.67. The highest BCUT2D eigenvalue weighted by Crippen LogP contribution is 2.34.